The first-order valence-corrected chi connectivity index (χ1v) is 38.7. The number of fused-ring (bicyclic) bond motifs is 2. The van der Waals surface area contributed by atoms with E-state index in [2.05, 4.69) is 74.6 Å². The van der Waals surface area contributed by atoms with Gasteiger partial charge in [-0.05, 0) is 201 Å². The summed E-state index contributed by atoms with van der Waals surface area (Å²) in [4.78, 5) is 102. The molecule has 6 unspecified atom stereocenters. The standard InChI is InChI=1S/C24H27NO5S.C20H19NO3S.C19H20N2O3S.C18H19N3O3S/c1-13-14(2)21-18(15(3)20(13)26)9-10-24(4,30-21)12-29-17-7-5-16(6-8-17)11-19-22(27)25-23(28)31-19;22-19-18(25-20(23)21-19)12-14-6-9-17-15(10-14)7-8-16(24-17)11-13-4-2-1-3-5-13;1-2-13-9-15(12-20-11-13)7-8-24-16-5-3-14(4-6-16)10-17-18(22)21-19(23)25-17;1-21(16-4-2-3-9-19-16)10-11-24-14-7-5-13(6-8-14)12-15-17(22)20-18(23)25-15/h5-8,19,26H,9-12H2,1-4H3,(H,25,27,28);1-6,9-10,16,18H,7-8,11-12H2,(H,21,22,23);3-6,9,11-12,17H,2,7-8,10H2,1H3,(H,21,22,23);2-9,15H,10-12H2,1H3,(H,20,22,23). The Bertz CT molecular complexity index is 4480. The number of carbonyl (C=O) groups excluding carboxylic acids is 8. The number of ether oxygens (including phenoxy) is 5. The average Bonchev–Trinajstić information content (AvgIpc) is 0.940. The minimum absolute atomic E-state index is 0.188. The molecule has 8 aromatic rings. The Kier molecular flexibility index (Phi) is 26.6. The molecule has 6 atom stereocenters. The number of hydrogen-bond acceptors (Lipinski definition) is 21. The van der Waals surface area contributed by atoms with Crippen LogP contribution < -0.4 is 49.9 Å². The summed E-state index contributed by atoms with van der Waals surface area (Å²) in [6.45, 7) is 12.2. The summed E-state index contributed by atoms with van der Waals surface area (Å²) >= 11 is 4.21. The lowest BCUT2D eigenvalue weighted by molar-refractivity contribution is -0.119. The molecule has 0 saturated carbocycles. The van der Waals surface area contributed by atoms with Gasteiger partial charge in [0.2, 0.25) is 23.6 Å². The number of aromatic hydroxyl groups is 1. The van der Waals surface area contributed by atoms with Crippen LogP contribution in [0.3, 0.4) is 0 Å². The zero-order chi connectivity index (χ0) is 74.9. The predicted molar refractivity (Wildman–Crippen MR) is 414 cm³/mol. The highest BCUT2D eigenvalue weighted by molar-refractivity contribution is 8.16. The fourth-order valence-corrected chi connectivity index (χ4v) is 16.0. The first kappa shape index (κ1) is 77.3. The molecule has 6 aliphatic rings. The van der Waals surface area contributed by atoms with Crippen LogP contribution in [0.25, 0.3) is 0 Å². The number of aromatic nitrogens is 2. The van der Waals surface area contributed by atoms with Crippen LogP contribution in [0.1, 0.15) is 93.5 Å². The first-order chi connectivity index (χ1) is 51.1. The van der Waals surface area contributed by atoms with Gasteiger partial charge < -0.3 is 33.7 Å². The van der Waals surface area contributed by atoms with Gasteiger partial charge in [0.05, 0.1) is 34.2 Å². The van der Waals surface area contributed by atoms with E-state index in [4.69, 9.17) is 23.7 Å². The predicted octanol–water partition coefficient (Wildman–Crippen LogP) is 13.5. The van der Waals surface area contributed by atoms with Gasteiger partial charge in [0.1, 0.15) is 65.2 Å². The molecular weight excluding hydrogens is 1420 g/mol. The number of likely N-dealkylation sites (N-methyl/N-ethyl adjacent to an activating group) is 1. The molecule has 21 nitrogen and oxygen atoms in total. The van der Waals surface area contributed by atoms with Crippen molar-refractivity contribution in [1.82, 2.24) is 31.2 Å². The van der Waals surface area contributed by atoms with Gasteiger partial charge in [0.25, 0.3) is 21.0 Å². The second-order valence-electron chi connectivity index (χ2n) is 26.7. The first-order valence-electron chi connectivity index (χ1n) is 35.2. The largest absolute Gasteiger partial charge is 0.507 e. The molecule has 14 rings (SSSR count). The van der Waals surface area contributed by atoms with Gasteiger partial charge in [-0.3, -0.25) is 64.6 Å². The fourth-order valence-electron chi connectivity index (χ4n) is 12.6. The fraction of sp³-hybridized carbons (Fsp3) is 0.333. The Morgan fingerprint density at radius 2 is 1.03 bits per heavy atom. The summed E-state index contributed by atoms with van der Waals surface area (Å²) in [7, 11) is 1.97. The van der Waals surface area contributed by atoms with E-state index in [1.807, 2.05) is 161 Å². The van der Waals surface area contributed by atoms with Crippen LogP contribution in [0.4, 0.5) is 25.0 Å². The van der Waals surface area contributed by atoms with Crippen LogP contribution in [-0.4, -0.2) is 126 Å². The molecule has 0 aliphatic carbocycles. The number of imide groups is 4. The Labute approximate surface area is 633 Å². The molecule has 0 radical (unpaired) electrons. The van der Waals surface area contributed by atoms with E-state index in [9.17, 15) is 43.5 Å². The molecule has 4 fully saturated rings. The number of nitrogens with one attached hydrogen (secondary N) is 4. The molecule has 4 saturated heterocycles. The summed E-state index contributed by atoms with van der Waals surface area (Å²) in [6.07, 6.45) is 14.2. The van der Waals surface area contributed by atoms with Crippen molar-refractivity contribution in [3.63, 3.8) is 0 Å². The summed E-state index contributed by atoms with van der Waals surface area (Å²) in [5.74, 6) is 4.53. The minimum Gasteiger partial charge on any atom is -0.507 e. The topological polar surface area (TPSA) is 280 Å². The van der Waals surface area contributed by atoms with Crippen molar-refractivity contribution in [2.75, 3.05) is 38.3 Å². The number of hydrogen-bond donors (Lipinski definition) is 5. The molecule has 5 N–H and O–H groups in total. The molecule has 106 heavy (non-hydrogen) atoms. The highest BCUT2D eigenvalue weighted by atomic mass is 32.2. The number of phenols is 1. The number of anilines is 1. The Morgan fingerprint density at radius 3 is 1.54 bits per heavy atom. The third-order valence-corrected chi connectivity index (χ3v) is 22.7. The quantitative estimate of drug-likeness (QED) is 0.0398. The van der Waals surface area contributed by atoms with Crippen molar-refractivity contribution in [3.8, 4) is 34.5 Å². The highest BCUT2D eigenvalue weighted by Gasteiger charge is 2.38. The van der Waals surface area contributed by atoms with E-state index in [-0.39, 0.29) is 71.7 Å². The lowest BCUT2D eigenvalue weighted by Crippen LogP contribution is -2.42. The number of pyridine rings is 2. The van der Waals surface area contributed by atoms with Crippen LogP contribution >= 0.6 is 47.0 Å². The molecule has 8 amide bonds. The molecular formula is C81H85N7O14S4. The van der Waals surface area contributed by atoms with Gasteiger partial charge in [-0.15, -0.1) is 0 Å². The number of carbonyl (C=O) groups is 8. The number of thioether (sulfide) groups is 4. The Balaban J connectivity index is 0.000000142. The van der Waals surface area contributed by atoms with Gasteiger partial charge >= 0.3 is 0 Å². The molecule has 25 heteroatoms. The summed E-state index contributed by atoms with van der Waals surface area (Å²) < 4.78 is 30.1. The van der Waals surface area contributed by atoms with E-state index in [1.165, 1.54) is 22.3 Å². The molecule has 8 heterocycles. The highest BCUT2D eigenvalue weighted by Crippen LogP contribution is 2.44. The minimum atomic E-state index is -0.467. The monoisotopic (exact) mass is 1510 g/mol. The number of rotatable bonds is 23. The lowest BCUT2D eigenvalue weighted by atomic mass is 9.87. The lowest BCUT2D eigenvalue weighted by Gasteiger charge is -2.37. The smallest absolute Gasteiger partial charge is 0.286 e. The average molecular weight is 1510 g/mol. The number of benzene rings is 6. The molecule has 2 aromatic heterocycles. The number of amides is 8. The van der Waals surface area contributed by atoms with Gasteiger partial charge in [-0.25, -0.2) is 4.98 Å². The van der Waals surface area contributed by atoms with E-state index in [0.29, 0.717) is 51.3 Å². The van der Waals surface area contributed by atoms with Crippen molar-refractivity contribution < 1.29 is 67.1 Å². The summed E-state index contributed by atoms with van der Waals surface area (Å²) in [6, 6.07) is 47.4. The number of phenolic OH excluding ortho intramolecular Hbond substituents is 1. The Hall–Kier alpha value is -9.82. The molecule has 6 aromatic carbocycles. The van der Waals surface area contributed by atoms with Crippen LogP contribution in [0.15, 0.2) is 164 Å². The van der Waals surface area contributed by atoms with Crippen molar-refractivity contribution in [2.24, 2.45) is 0 Å². The van der Waals surface area contributed by atoms with Gasteiger partial charge in [-0.1, -0.05) is 145 Å². The maximum Gasteiger partial charge on any atom is 0.286 e. The van der Waals surface area contributed by atoms with Gasteiger partial charge in [0, 0.05) is 44.0 Å². The molecule has 552 valence electrons. The van der Waals surface area contributed by atoms with Crippen LogP contribution in [0, 0.1) is 20.8 Å². The van der Waals surface area contributed by atoms with E-state index < -0.39 is 5.60 Å². The van der Waals surface area contributed by atoms with Crippen LogP contribution in [0.5, 0.6) is 34.5 Å². The molecule has 6 aliphatic heterocycles. The summed E-state index contributed by atoms with van der Waals surface area (Å²) in [5, 5.41) is 17.2. The maximum atomic E-state index is 11.7. The molecule has 0 spiro atoms. The van der Waals surface area contributed by atoms with E-state index in [0.717, 1.165) is 178 Å². The normalized spacial score (nSPS) is 19.7. The van der Waals surface area contributed by atoms with Crippen LogP contribution in [0.2, 0.25) is 0 Å². The zero-order valence-corrected chi connectivity index (χ0v) is 63.1. The van der Waals surface area contributed by atoms with Crippen LogP contribution in [-0.2, 0) is 77.0 Å². The maximum absolute atomic E-state index is 11.7. The number of nitrogens with zero attached hydrogens (tertiary/aromatic N) is 3. The third kappa shape index (κ3) is 21.5. The SMILES string of the molecule is CCc1cncc(CCOc2ccc(CC3SC(=O)NC3=O)cc2)c1.CN(CCOc1ccc(CC2SC(=O)NC2=O)cc1)c1ccccn1.Cc1c(C)c2c(c(C)c1O)CCC(C)(COc1ccc(CC3SC(=O)NC3=O)cc1)O2.O=C1NC(=O)C(Cc2ccc3c(c2)CCC(Cc2ccccc2)O3)S1. The van der Waals surface area contributed by atoms with Gasteiger partial charge in [0.15, 0.2) is 0 Å². The second kappa shape index (κ2) is 36.5. The van der Waals surface area contributed by atoms with Crippen molar-refractivity contribution in [2.45, 2.75) is 138 Å². The van der Waals surface area contributed by atoms with Crippen molar-refractivity contribution in [3.05, 3.63) is 231 Å². The van der Waals surface area contributed by atoms with Gasteiger partial charge in [-0.2, -0.15) is 0 Å². The second-order valence-corrected chi connectivity index (χ2v) is 31.4. The number of aryl methyl sites for hydroxylation is 2. The summed E-state index contributed by atoms with van der Waals surface area (Å²) in [5.41, 5.74) is 12.3. The third-order valence-electron chi connectivity index (χ3n) is 18.8. The zero-order valence-electron chi connectivity index (χ0n) is 59.8. The Morgan fingerprint density at radius 1 is 0.538 bits per heavy atom. The van der Waals surface area contributed by atoms with Crippen molar-refractivity contribution in [1.29, 1.82) is 0 Å². The van der Waals surface area contributed by atoms with Crippen molar-refractivity contribution >= 4 is 97.5 Å². The molecule has 0 bridgehead atoms. The van der Waals surface area contributed by atoms with E-state index >= 15 is 0 Å². The van der Waals surface area contributed by atoms with E-state index in [1.54, 1.807) is 6.20 Å².